The van der Waals surface area contributed by atoms with E-state index in [1.165, 1.54) is 7.11 Å². The van der Waals surface area contributed by atoms with Gasteiger partial charge in [-0.1, -0.05) is 0 Å². The van der Waals surface area contributed by atoms with Crippen LogP contribution in [0.1, 0.15) is 34.0 Å². The molecule has 0 unspecified atom stereocenters. The van der Waals surface area contributed by atoms with Crippen LogP contribution in [0.2, 0.25) is 0 Å². The van der Waals surface area contributed by atoms with Crippen LogP contribution in [0.25, 0.3) is 0 Å². The Hall–Kier alpha value is -1.67. The fourth-order valence-electron chi connectivity index (χ4n) is 2.20. The van der Waals surface area contributed by atoms with Gasteiger partial charge in [0.05, 0.1) is 5.56 Å². The largest absolute Gasteiger partial charge is 0.417 e. The molecule has 20 heavy (non-hydrogen) atoms. The third kappa shape index (κ3) is 2.91. The minimum atomic E-state index is -4.49. The second-order valence-electron chi connectivity index (χ2n) is 4.69. The Bertz CT molecular complexity index is 519. The minimum Gasteiger partial charge on any atom is -0.384 e. The highest BCUT2D eigenvalue weighted by Gasteiger charge is 2.42. The van der Waals surface area contributed by atoms with Crippen molar-refractivity contribution >= 4 is 5.91 Å². The Morgan fingerprint density at radius 3 is 2.85 bits per heavy atom. The van der Waals surface area contributed by atoms with Crippen molar-refractivity contribution < 1.29 is 22.7 Å². The molecule has 0 saturated heterocycles. The lowest BCUT2D eigenvalue weighted by molar-refractivity contribution is -0.137. The Labute approximate surface area is 113 Å². The summed E-state index contributed by atoms with van der Waals surface area (Å²) in [6.07, 6.45) is -3.19. The molecule has 1 saturated carbocycles. The Balaban J connectivity index is 2.37. The van der Waals surface area contributed by atoms with Crippen molar-refractivity contribution in [1.29, 1.82) is 0 Å². The van der Waals surface area contributed by atoms with E-state index < -0.39 is 17.6 Å². The summed E-state index contributed by atoms with van der Waals surface area (Å²) in [6.45, 7) is 0.435. The summed E-state index contributed by atoms with van der Waals surface area (Å²) in [7, 11) is 1.52. The maximum Gasteiger partial charge on any atom is 0.417 e. The number of hydrogen-bond acceptors (Lipinski definition) is 4. The molecule has 0 aliphatic heterocycles. The number of carbonyl (C=O) groups excluding carboxylic acids is 1. The average Bonchev–Trinajstić information content (AvgIpc) is 3.16. The third-order valence-electron chi connectivity index (χ3n) is 3.29. The van der Waals surface area contributed by atoms with E-state index in [0.717, 1.165) is 6.07 Å². The number of pyridine rings is 1. The zero-order chi connectivity index (χ0) is 14.9. The SMILES string of the molecule is COC[C@@H]1C[C@H]1c1cc(C(F)(F)F)cnc1C(=O)NN. The van der Waals surface area contributed by atoms with Crippen LogP contribution in [0.4, 0.5) is 13.2 Å². The summed E-state index contributed by atoms with van der Waals surface area (Å²) in [5.41, 5.74) is 1.23. The number of amides is 1. The summed E-state index contributed by atoms with van der Waals surface area (Å²) in [5, 5.41) is 0. The first-order chi connectivity index (χ1) is 9.38. The predicted molar refractivity (Wildman–Crippen MR) is 63.6 cm³/mol. The van der Waals surface area contributed by atoms with Crippen molar-refractivity contribution in [3.63, 3.8) is 0 Å². The average molecular weight is 289 g/mol. The van der Waals surface area contributed by atoms with Gasteiger partial charge >= 0.3 is 6.18 Å². The molecule has 0 spiro atoms. The van der Waals surface area contributed by atoms with Crippen molar-refractivity contribution in [2.45, 2.75) is 18.5 Å². The van der Waals surface area contributed by atoms with Crippen LogP contribution in [-0.2, 0) is 10.9 Å². The number of hydrogen-bond donors (Lipinski definition) is 2. The lowest BCUT2D eigenvalue weighted by Gasteiger charge is -2.12. The van der Waals surface area contributed by atoms with E-state index in [-0.39, 0.29) is 23.1 Å². The zero-order valence-corrected chi connectivity index (χ0v) is 10.7. The quantitative estimate of drug-likeness (QED) is 0.500. The molecular weight excluding hydrogens is 275 g/mol. The van der Waals surface area contributed by atoms with Crippen LogP contribution in [0, 0.1) is 5.92 Å². The van der Waals surface area contributed by atoms with E-state index in [2.05, 4.69) is 4.98 Å². The fraction of sp³-hybridized carbons (Fsp3) is 0.500. The van der Waals surface area contributed by atoms with Crippen molar-refractivity contribution in [2.24, 2.45) is 11.8 Å². The van der Waals surface area contributed by atoms with Crippen LogP contribution in [0.3, 0.4) is 0 Å². The molecule has 2 atom stereocenters. The van der Waals surface area contributed by atoms with Crippen molar-refractivity contribution in [3.05, 3.63) is 29.1 Å². The fourth-order valence-corrected chi connectivity index (χ4v) is 2.20. The number of alkyl halides is 3. The van der Waals surface area contributed by atoms with Crippen molar-refractivity contribution in [1.82, 2.24) is 10.4 Å². The van der Waals surface area contributed by atoms with Crippen LogP contribution in [-0.4, -0.2) is 24.6 Å². The molecule has 8 heteroatoms. The van der Waals surface area contributed by atoms with E-state index in [0.29, 0.717) is 19.2 Å². The third-order valence-corrected chi connectivity index (χ3v) is 3.29. The Morgan fingerprint density at radius 2 is 2.30 bits per heavy atom. The van der Waals surface area contributed by atoms with Gasteiger partial charge in [0.2, 0.25) is 0 Å². The molecule has 1 aliphatic carbocycles. The van der Waals surface area contributed by atoms with Crippen LogP contribution in [0.5, 0.6) is 0 Å². The number of aromatic nitrogens is 1. The first-order valence-corrected chi connectivity index (χ1v) is 5.95. The summed E-state index contributed by atoms with van der Waals surface area (Å²) in [5.74, 6) is 4.28. The molecule has 3 N–H and O–H groups in total. The number of rotatable bonds is 4. The molecule has 1 amide bonds. The molecule has 5 nitrogen and oxygen atoms in total. The van der Waals surface area contributed by atoms with E-state index in [1.807, 2.05) is 5.43 Å². The zero-order valence-electron chi connectivity index (χ0n) is 10.7. The van der Waals surface area contributed by atoms with Crippen LogP contribution < -0.4 is 11.3 Å². The van der Waals surface area contributed by atoms with Crippen LogP contribution in [0.15, 0.2) is 12.3 Å². The number of hydrazine groups is 1. The number of nitrogen functional groups attached to an aromatic ring is 1. The van der Waals surface area contributed by atoms with Gasteiger partial charge in [0.15, 0.2) is 0 Å². The first-order valence-electron chi connectivity index (χ1n) is 5.95. The van der Waals surface area contributed by atoms with E-state index in [1.54, 1.807) is 0 Å². The van der Waals surface area contributed by atoms with Gasteiger partial charge in [-0.15, -0.1) is 0 Å². The second kappa shape index (κ2) is 5.37. The topological polar surface area (TPSA) is 77.2 Å². The van der Waals surface area contributed by atoms with Gasteiger partial charge in [0.1, 0.15) is 5.69 Å². The highest BCUT2D eigenvalue weighted by atomic mass is 19.4. The van der Waals surface area contributed by atoms with E-state index >= 15 is 0 Å². The summed E-state index contributed by atoms with van der Waals surface area (Å²) in [4.78, 5) is 15.2. The van der Waals surface area contributed by atoms with Crippen LogP contribution >= 0.6 is 0 Å². The predicted octanol–water partition coefficient (Wildman–Crippen LogP) is 1.45. The van der Waals surface area contributed by atoms with E-state index in [4.69, 9.17) is 10.6 Å². The number of nitrogens with zero attached hydrogens (tertiary/aromatic N) is 1. The molecule has 0 aromatic carbocycles. The molecule has 1 heterocycles. The lowest BCUT2D eigenvalue weighted by Crippen LogP contribution is -2.31. The monoisotopic (exact) mass is 289 g/mol. The first kappa shape index (κ1) is 14.7. The smallest absolute Gasteiger partial charge is 0.384 e. The molecule has 2 rings (SSSR count). The van der Waals surface area contributed by atoms with Gasteiger partial charge in [0, 0.05) is 19.9 Å². The number of nitrogens with two attached hydrogens (primary N) is 1. The normalized spacial score (nSPS) is 21.6. The summed E-state index contributed by atoms with van der Waals surface area (Å²) >= 11 is 0. The minimum absolute atomic E-state index is 0.0656. The standard InChI is InChI=1S/C12H14F3N3O2/c1-20-5-6-2-8(6)9-3-7(12(13,14)15)4-17-10(9)11(19)18-16/h3-4,6,8H,2,5,16H2,1H3,(H,18,19)/t6-,8+/m0/s1. The maximum absolute atomic E-state index is 12.7. The van der Waals surface area contributed by atoms with Crippen molar-refractivity contribution in [3.8, 4) is 0 Å². The molecule has 1 aromatic rings. The molecule has 1 aromatic heterocycles. The van der Waals surface area contributed by atoms with Crippen molar-refractivity contribution in [2.75, 3.05) is 13.7 Å². The molecular formula is C12H14F3N3O2. The number of nitrogens with one attached hydrogen (secondary N) is 1. The Morgan fingerprint density at radius 1 is 1.60 bits per heavy atom. The molecule has 0 radical (unpaired) electrons. The van der Waals surface area contributed by atoms with Gasteiger partial charge in [-0.3, -0.25) is 15.2 Å². The summed E-state index contributed by atoms with van der Waals surface area (Å²) in [6, 6.07) is 0.970. The van der Waals surface area contributed by atoms with E-state index in [9.17, 15) is 18.0 Å². The number of carbonyl (C=O) groups is 1. The summed E-state index contributed by atoms with van der Waals surface area (Å²) < 4.78 is 43.1. The Kier molecular flexibility index (Phi) is 3.96. The molecule has 1 fully saturated rings. The number of methoxy groups -OCH3 is 1. The second-order valence-corrected chi connectivity index (χ2v) is 4.69. The lowest BCUT2D eigenvalue weighted by atomic mass is 10.0. The molecule has 1 aliphatic rings. The van der Waals surface area contributed by atoms with Gasteiger partial charge < -0.3 is 4.74 Å². The maximum atomic E-state index is 12.7. The highest BCUT2D eigenvalue weighted by Crippen LogP contribution is 2.49. The molecule has 0 bridgehead atoms. The van der Waals surface area contributed by atoms with Gasteiger partial charge in [-0.05, 0) is 29.9 Å². The van der Waals surface area contributed by atoms with Gasteiger partial charge in [-0.25, -0.2) is 5.84 Å². The number of ether oxygens (including phenoxy) is 1. The van der Waals surface area contributed by atoms with Gasteiger partial charge in [0.25, 0.3) is 5.91 Å². The molecule has 110 valence electrons. The number of halogens is 3. The van der Waals surface area contributed by atoms with Gasteiger partial charge in [-0.2, -0.15) is 13.2 Å². The highest BCUT2D eigenvalue weighted by molar-refractivity contribution is 5.93.